The second-order valence-electron chi connectivity index (χ2n) is 3.72. The fourth-order valence-electron chi connectivity index (χ4n) is 1.18. The predicted molar refractivity (Wildman–Crippen MR) is 54.2 cm³/mol. The summed E-state index contributed by atoms with van der Waals surface area (Å²) in [7, 11) is 0. The van der Waals surface area contributed by atoms with Crippen molar-refractivity contribution in [3.05, 3.63) is 24.0 Å². The molecule has 0 aromatic carbocycles. The van der Waals surface area contributed by atoms with Crippen molar-refractivity contribution in [3.8, 4) is 0 Å². The van der Waals surface area contributed by atoms with Crippen LogP contribution in [0, 0.1) is 0 Å². The monoisotopic (exact) mass is 196 g/mol. The van der Waals surface area contributed by atoms with Crippen LogP contribution in [0.1, 0.15) is 20.3 Å². The van der Waals surface area contributed by atoms with Crippen LogP contribution in [-0.4, -0.2) is 17.6 Å². The Morgan fingerprint density at radius 3 is 2.64 bits per heavy atom. The summed E-state index contributed by atoms with van der Waals surface area (Å²) in [6, 6.07) is 0. The largest absolute Gasteiger partial charge is 0.491 e. The molecule has 1 amide bonds. The molecule has 0 saturated heterocycles. The predicted octanol–water partition coefficient (Wildman–Crippen LogP) is 0.438. The Bertz CT molecular complexity index is 294. The summed E-state index contributed by atoms with van der Waals surface area (Å²) >= 11 is 0. The fourth-order valence-corrected chi connectivity index (χ4v) is 1.18. The van der Waals surface area contributed by atoms with Gasteiger partial charge >= 0.3 is 0 Å². The molecule has 0 aromatic rings. The number of hydrogen-bond donors (Lipinski definition) is 2. The minimum absolute atomic E-state index is 0.116. The smallest absolute Gasteiger partial charge is 0.241 e. The number of amides is 1. The minimum Gasteiger partial charge on any atom is -0.491 e. The first-order valence-electron chi connectivity index (χ1n) is 4.59. The summed E-state index contributed by atoms with van der Waals surface area (Å²) < 4.78 is 5.43. The van der Waals surface area contributed by atoms with Crippen LogP contribution in [0.15, 0.2) is 24.0 Å². The summed E-state index contributed by atoms with van der Waals surface area (Å²) in [6.45, 7) is 3.88. The molecule has 4 N–H and O–H groups in total. The third-order valence-corrected chi connectivity index (χ3v) is 2.02. The highest BCUT2D eigenvalue weighted by molar-refractivity contribution is 5.87. The van der Waals surface area contributed by atoms with E-state index in [1.54, 1.807) is 18.2 Å². The molecule has 0 bridgehead atoms. The first-order valence-corrected chi connectivity index (χ1v) is 4.59. The Balaban J connectivity index is 2.66. The van der Waals surface area contributed by atoms with Gasteiger partial charge < -0.3 is 16.2 Å². The quantitative estimate of drug-likeness (QED) is 0.687. The number of primary amides is 1. The maximum absolute atomic E-state index is 11.0. The van der Waals surface area contributed by atoms with Crippen LogP contribution in [0.4, 0.5) is 0 Å². The average Bonchev–Trinajstić information content (AvgIpc) is 2.08. The molecule has 1 rings (SSSR count). The molecule has 1 aliphatic rings. The molecule has 14 heavy (non-hydrogen) atoms. The van der Waals surface area contributed by atoms with Crippen LogP contribution in [0.25, 0.3) is 0 Å². The lowest BCUT2D eigenvalue weighted by Crippen LogP contribution is -2.50. The maximum Gasteiger partial charge on any atom is 0.241 e. The van der Waals surface area contributed by atoms with E-state index in [1.165, 1.54) is 0 Å². The molecular weight excluding hydrogens is 180 g/mol. The van der Waals surface area contributed by atoms with Crippen molar-refractivity contribution >= 4 is 5.91 Å². The van der Waals surface area contributed by atoms with Crippen LogP contribution in [0.3, 0.4) is 0 Å². The summed E-state index contributed by atoms with van der Waals surface area (Å²) in [5.74, 6) is 0.218. The average molecular weight is 196 g/mol. The molecule has 0 radical (unpaired) electrons. The van der Waals surface area contributed by atoms with Gasteiger partial charge in [-0.15, -0.1) is 0 Å². The van der Waals surface area contributed by atoms with Crippen LogP contribution in [0.5, 0.6) is 0 Å². The van der Waals surface area contributed by atoms with Crippen molar-refractivity contribution in [2.24, 2.45) is 11.5 Å². The number of nitrogens with two attached hydrogens (primary N) is 2. The molecule has 0 spiro atoms. The number of hydrogen-bond acceptors (Lipinski definition) is 3. The molecule has 0 saturated carbocycles. The lowest BCUT2D eigenvalue weighted by atomic mass is 9.91. The number of carbonyl (C=O) groups is 1. The third kappa shape index (κ3) is 2.35. The van der Waals surface area contributed by atoms with E-state index in [0.717, 1.165) is 5.76 Å². The Kier molecular flexibility index (Phi) is 2.96. The van der Waals surface area contributed by atoms with Crippen molar-refractivity contribution in [1.82, 2.24) is 0 Å². The van der Waals surface area contributed by atoms with Gasteiger partial charge in [0.25, 0.3) is 0 Å². The van der Waals surface area contributed by atoms with E-state index in [4.69, 9.17) is 16.2 Å². The number of rotatable bonds is 3. The second kappa shape index (κ2) is 3.84. The molecule has 0 fully saturated rings. The van der Waals surface area contributed by atoms with Gasteiger partial charge in [-0.3, -0.25) is 4.79 Å². The van der Waals surface area contributed by atoms with Gasteiger partial charge in [-0.05, 0) is 32.4 Å². The topological polar surface area (TPSA) is 78.3 Å². The van der Waals surface area contributed by atoms with Gasteiger partial charge in [-0.2, -0.15) is 0 Å². The summed E-state index contributed by atoms with van der Waals surface area (Å²) in [5.41, 5.74) is 9.84. The summed E-state index contributed by atoms with van der Waals surface area (Å²) in [6.07, 6.45) is 5.57. The Labute approximate surface area is 83.6 Å². The van der Waals surface area contributed by atoms with E-state index < -0.39 is 11.4 Å². The van der Waals surface area contributed by atoms with Gasteiger partial charge in [-0.1, -0.05) is 6.08 Å². The maximum atomic E-state index is 11.0. The summed E-state index contributed by atoms with van der Waals surface area (Å²) in [5, 5.41) is 0. The van der Waals surface area contributed by atoms with Gasteiger partial charge in [0.2, 0.25) is 5.91 Å². The van der Waals surface area contributed by atoms with E-state index in [2.05, 4.69) is 0 Å². The summed E-state index contributed by atoms with van der Waals surface area (Å²) in [4.78, 5) is 11.0. The van der Waals surface area contributed by atoms with E-state index >= 15 is 0 Å². The number of allylic oxidation sites excluding steroid dienone is 1. The van der Waals surface area contributed by atoms with Crippen molar-refractivity contribution in [1.29, 1.82) is 0 Å². The number of carbonyl (C=O) groups excluding carboxylic acids is 1. The van der Waals surface area contributed by atoms with Crippen LogP contribution >= 0.6 is 0 Å². The van der Waals surface area contributed by atoms with Crippen LogP contribution < -0.4 is 11.5 Å². The SMILES string of the molecule is CC(C)OC1=CCC(N)(C(N)=O)C=C1. The molecule has 0 aromatic heterocycles. The van der Waals surface area contributed by atoms with Crippen LogP contribution in [0.2, 0.25) is 0 Å². The molecule has 4 nitrogen and oxygen atoms in total. The number of ether oxygens (including phenoxy) is 1. The first-order chi connectivity index (χ1) is 6.44. The van der Waals surface area contributed by atoms with Crippen molar-refractivity contribution in [3.63, 3.8) is 0 Å². The molecule has 0 heterocycles. The van der Waals surface area contributed by atoms with Crippen molar-refractivity contribution in [2.75, 3.05) is 0 Å². The highest BCUT2D eigenvalue weighted by Gasteiger charge is 2.29. The van der Waals surface area contributed by atoms with E-state index in [9.17, 15) is 4.79 Å². The normalized spacial score (nSPS) is 26.1. The fraction of sp³-hybridized carbons (Fsp3) is 0.500. The molecule has 1 unspecified atom stereocenters. The van der Waals surface area contributed by atoms with Gasteiger partial charge in [0, 0.05) is 0 Å². The van der Waals surface area contributed by atoms with Crippen molar-refractivity contribution < 1.29 is 9.53 Å². The lowest BCUT2D eigenvalue weighted by Gasteiger charge is -2.24. The van der Waals surface area contributed by atoms with Gasteiger partial charge in [0.05, 0.1) is 6.10 Å². The Hall–Kier alpha value is -1.29. The van der Waals surface area contributed by atoms with Gasteiger partial charge in [0.15, 0.2) is 0 Å². The van der Waals surface area contributed by atoms with E-state index in [-0.39, 0.29) is 6.10 Å². The highest BCUT2D eigenvalue weighted by atomic mass is 16.5. The van der Waals surface area contributed by atoms with Gasteiger partial charge in [0.1, 0.15) is 11.3 Å². The molecule has 1 atom stereocenters. The molecule has 1 aliphatic carbocycles. The zero-order valence-electron chi connectivity index (χ0n) is 8.49. The lowest BCUT2D eigenvalue weighted by molar-refractivity contribution is -0.121. The molecule has 78 valence electrons. The van der Waals surface area contributed by atoms with Gasteiger partial charge in [-0.25, -0.2) is 0 Å². The zero-order chi connectivity index (χ0) is 10.8. The Morgan fingerprint density at radius 2 is 2.29 bits per heavy atom. The molecular formula is C10H16N2O2. The van der Waals surface area contributed by atoms with Crippen molar-refractivity contribution in [2.45, 2.75) is 31.9 Å². The standard InChI is InChI=1S/C10H16N2O2/c1-7(2)14-8-3-5-10(12,6-4-8)9(11)13/h3-5,7H,6,12H2,1-2H3,(H2,11,13). The molecule has 0 aliphatic heterocycles. The van der Waals surface area contributed by atoms with E-state index in [1.807, 2.05) is 13.8 Å². The molecule has 4 heteroatoms. The zero-order valence-corrected chi connectivity index (χ0v) is 8.49. The first kappa shape index (κ1) is 10.8. The Morgan fingerprint density at radius 1 is 1.64 bits per heavy atom. The highest BCUT2D eigenvalue weighted by Crippen LogP contribution is 2.19. The third-order valence-electron chi connectivity index (χ3n) is 2.02. The second-order valence-corrected chi connectivity index (χ2v) is 3.72. The van der Waals surface area contributed by atoms with E-state index in [0.29, 0.717) is 6.42 Å². The van der Waals surface area contributed by atoms with Crippen LogP contribution in [-0.2, 0) is 9.53 Å². The minimum atomic E-state index is -1.05.